The highest BCUT2D eigenvalue weighted by atomic mass is 32.2. The van der Waals surface area contributed by atoms with Crippen molar-refractivity contribution >= 4 is 11.8 Å². The minimum absolute atomic E-state index is 0.0868. The van der Waals surface area contributed by atoms with E-state index >= 15 is 0 Å². The second-order valence-corrected chi connectivity index (χ2v) is 4.73. The predicted molar refractivity (Wildman–Crippen MR) is 65.0 cm³/mol. The maximum Gasteiger partial charge on any atom is 0.187 e. The molecule has 1 unspecified atom stereocenters. The molecule has 0 spiro atoms. The van der Waals surface area contributed by atoms with Crippen molar-refractivity contribution in [2.45, 2.75) is 37.5 Å². The van der Waals surface area contributed by atoms with Gasteiger partial charge in [0.05, 0.1) is 12.1 Å². The average Bonchev–Trinajstić information content (AvgIpc) is 2.28. The molecule has 0 radical (unpaired) electrons. The number of hydrogen-bond acceptors (Lipinski definition) is 5. The van der Waals surface area contributed by atoms with Crippen LogP contribution in [0.4, 0.5) is 0 Å². The zero-order valence-electron chi connectivity index (χ0n) is 9.55. The van der Waals surface area contributed by atoms with Crippen LogP contribution in [0.1, 0.15) is 20.3 Å². The zero-order valence-corrected chi connectivity index (χ0v) is 10.4. The maximum atomic E-state index is 8.92. The lowest BCUT2D eigenvalue weighted by atomic mass is 10.2. The Morgan fingerprint density at radius 2 is 2.12 bits per heavy atom. The van der Waals surface area contributed by atoms with E-state index in [2.05, 4.69) is 21.4 Å². The maximum absolute atomic E-state index is 8.92. The third kappa shape index (κ3) is 5.10. The number of nitrogens with zero attached hydrogens (tertiary/aromatic N) is 3. The molecule has 0 aliphatic rings. The van der Waals surface area contributed by atoms with E-state index < -0.39 is 0 Å². The van der Waals surface area contributed by atoms with Gasteiger partial charge >= 0.3 is 0 Å². The number of aromatic nitrogens is 2. The predicted octanol–water partition coefficient (Wildman–Crippen LogP) is 1.85. The molecule has 4 nitrogen and oxygen atoms in total. The molecule has 0 amide bonds. The molecule has 0 fully saturated rings. The van der Waals surface area contributed by atoms with Gasteiger partial charge in [-0.05, 0) is 26.3 Å². The standard InChI is InChI=1S/C11H16N4S/c1-9(2)15-10(8-12)4-7-16-11-13-5-3-6-14-11/h3,5-6,9-10,15H,4,7H2,1-2H3. The van der Waals surface area contributed by atoms with Gasteiger partial charge in [-0.1, -0.05) is 11.8 Å². The molecule has 0 bridgehead atoms. The van der Waals surface area contributed by atoms with Crippen molar-refractivity contribution in [3.63, 3.8) is 0 Å². The minimum atomic E-state index is -0.0868. The molecule has 1 rings (SSSR count). The molecule has 16 heavy (non-hydrogen) atoms. The molecule has 0 aliphatic heterocycles. The van der Waals surface area contributed by atoms with Gasteiger partial charge in [0, 0.05) is 24.2 Å². The smallest absolute Gasteiger partial charge is 0.187 e. The molecule has 0 saturated carbocycles. The van der Waals surface area contributed by atoms with Crippen molar-refractivity contribution in [1.29, 1.82) is 5.26 Å². The molecule has 0 aromatic carbocycles. The Bertz CT molecular complexity index is 334. The second-order valence-electron chi connectivity index (χ2n) is 3.67. The molecule has 1 atom stereocenters. The Balaban J connectivity index is 2.27. The van der Waals surface area contributed by atoms with Crippen molar-refractivity contribution < 1.29 is 0 Å². The van der Waals surface area contributed by atoms with Gasteiger partial charge in [0.25, 0.3) is 0 Å². The fourth-order valence-electron chi connectivity index (χ4n) is 1.22. The molecule has 1 aromatic heterocycles. The van der Waals surface area contributed by atoms with Crippen molar-refractivity contribution in [1.82, 2.24) is 15.3 Å². The molecule has 5 heteroatoms. The molecular weight excluding hydrogens is 220 g/mol. The number of nitrogens with one attached hydrogen (secondary N) is 1. The summed E-state index contributed by atoms with van der Waals surface area (Å²) in [6.45, 7) is 4.08. The molecule has 1 aromatic rings. The minimum Gasteiger partial charge on any atom is -0.300 e. The second kappa shape index (κ2) is 7.20. The fourth-order valence-corrected chi connectivity index (χ4v) is 2.02. The van der Waals surface area contributed by atoms with Gasteiger partial charge in [0.1, 0.15) is 0 Å². The summed E-state index contributed by atoms with van der Waals surface area (Å²) in [5.41, 5.74) is 0. The topological polar surface area (TPSA) is 61.6 Å². The molecule has 1 N–H and O–H groups in total. The van der Waals surface area contributed by atoms with Crippen LogP contribution in [0.5, 0.6) is 0 Å². The van der Waals surface area contributed by atoms with E-state index in [0.717, 1.165) is 17.3 Å². The first-order valence-corrected chi connectivity index (χ1v) is 6.26. The van der Waals surface area contributed by atoms with Crippen LogP contribution in [0.3, 0.4) is 0 Å². The van der Waals surface area contributed by atoms with Crippen LogP contribution in [-0.4, -0.2) is 27.8 Å². The summed E-state index contributed by atoms with van der Waals surface area (Å²) in [7, 11) is 0. The Labute approximate surface area is 100 Å². The molecule has 0 aliphatic carbocycles. The Morgan fingerprint density at radius 3 is 2.69 bits per heavy atom. The van der Waals surface area contributed by atoms with Crippen molar-refractivity contribution in [2.24, 2.45) is 0 Å². The Kier molecular flexibility index (Phi) is 5.83. The van der Waals surface area contributed by atoms with Crippen molar-refractivity contribution in [2.75, 3.05) is 5.75 Å². The highest BCUT2D eigenvalue weighted by Crippen LogP contribution is 2.13. The third-order valence-corrected chi connectivity index (χ3v) is 2.78. The van der Waals surface area contributed by atoms with Gasteiger partial charge in [0.15, 0.2) is 5.16 Å². The molecular formula is C11H16N4S. The van der Waals surface area contributed by atoms with Crippen LogP contribution in [0, 0.1) is 11.3 Å². The van der Waals surface area contributed by atoms with Crippen LogP contribution in [0.2, 0.25) is 0 Å². The normalized spacial score (nSPS) is 12.4. The summed E-state index contributed by atoms with van der Waals surface area (Å²) in [6, 6.07) is 4.30. The number of hydrogen-bond donors (Lipinski definition) is 1. The van der Waals surface area contributed by atoms with Crippen LogP contribution >= 0.6 is 11.8 Å². The van der Waals surface area contributed by atoms with Gasteiger partial charge in [-0.25, -0.2) is 9.97 Å². The van der Waals surface area contributed by atoms with Crippen LogP contribution in [-0.2, 0) is 0 Å². The molecule has 1 heterocycles. The van der Waals surface area contributed by atoms with Gasteiger partial charge in [-0.2, -0.15) is 5.26 Å². The van der Waals surface area contributed by atoms with Gasteiger partial charge < -0.3 is 0 Å². The summed E-state index contributed by atoms with van der Waals surface area (Å²) >= 11 is 1.58. The Morgan fingerprint density at radius 1 is 1.44 bits per heavy atom. The number of thioether (sulfide) groups is 1. The zero-order chi connectivity index (χ0) is 11.8. The fraction of sp³-hybridized carbons (Fsp3) is 0.545. The highest BCUT2D eigenvalue weighted by molar-refractivity contribution is 7.99. The Hall–Kier alpha value is -1.12. The molecule has 0 saturated heterocycles. The number of rotatable bonds is 6. The number of nitriles is 1. The van der Waals surface area contributed by atoms with Crippen LogP contribution < -0.4 is 5.32 Å². The first-order valence-electron chi connectivity index (χ1n) is 5.28. The SMILES string of the molecule is CC(C)NC(C#N)CCSc1ncccn1. The van der Waals surface area contributed by atoms with E-state index in [0.29, 0.717) is 6.04 Å². The van der Waals surface area contributed by atoms with E-state index in [9.17, 15) is 0 Å². The quantitative estimate of drug-likeness (QED) is 0.603. The first kappa shape index (κ1) is 12.9. The lowest BCUT2D eigenvalue weighted by Crippen LogP contribution is -2.33. The lowest BCUT2D eigenvalue weighted by molar-refractivity contribution is 0.522. The third-order valence-electron chi connectivity index (χ3n) is 1.87. The van der Waals surface area contributed by atoms with Crippen molar-refractivity contribution in [3.05, 3.63) is 18.5 Å². The lowest BCUT2D eigenvalue weighted by Gasteiger charge is -2.13. The highest BCUT2D eigenvalue weighted by Gasteiger charge is 2.08. The van der Waals surface area contributed by atoms with Crippen LogP contribution in [0.15, 0.2) is 23.6 Å². The van der Waals surface area contributed by atoms with E-state index in [1.165, 1.54) is 0 Å². The molecule has 86 valence electrons. The average molecular weight is 236 g/mol. The van der Waals surface area contributed by atoms with Gasteiger partial charge in [-0.3, -0.25) is 5.32 Å². The van der Waals surface area contributed by atoms with E-state index in [1.807, 2.05) is 13.8 Å². The summed E-state index contributed by atoms with van der Waals surface area (Å²) in [4.78, 5) is 8.22. The largest absolute Gasteiger partial charge is 0.300 e. The summed E-state index contributed by atoms with van der Waals surface area (Å²) in [5, 5.41) is 12.9. The first-order chi connectivity index (χ1) is 7.72. The monoisotopic (exact) mass is 236 g/mol. The van der Waals surface area contributed by atoms with Gasteiger partial charge in [-0.15, -0.1) is 0 Å². The van der Waals surface area contributed by atoms with Crippen LogP contribution in [0.25, 0.3) is 0 Å². The summed E-state index contributed by atoms with van der Waals surface area (Å²) in [6.07, 6.45) is 4.25. The summed E-state index contributed by atoms with van der Waals surface area (Å²) < 4.78 is 0. The van der Waals surface area contributed by atoms with E-state index in [1.54, 1.807) is 30.2 Å². The summed E-state index contributed by atoms with van der Waals surface area (Å²) in [5.74, 6) is 0.849. The van der Waals surface area contributed by atoms with E-state index in [-0.39, 0.29) is 6.04 Å². The van der Waals surface area contributed by atoms with E-state index in [4.69, 9.17) is 5.26 Å². The van der Waals surface area contributed by atoms with Crippen molar-refractivity contribution in [3.8, 4) is 6.07 Å². The van der Waals surface area contributed by atoms with Gasteiger partial charge in [0.2, 0.25) is 0 Å².